The van der Waals surface area contributed by atoms with Gasteiger partial charge in [0.25, 0.3) is 0 Å². The molecular formula is C18H15NO2. The van der Waals surface area contributed by atoms with Gasteiger partial charge in [0.15, 0.2) is 0 Å². The first-order valence-corrected chi connectivity index (χ1v) is 6.85. The Labute approximate surface area is 123 Å². The van der Waals surface area contributed by atoms with E-state index in [-0.39, 0.29) is 0 Å². The molecule has 1 aliphatic rings. The largest absolute Gasteiger partial charge is 0.478 e. The van der Waals surface area contributed by atoms with Crippen molar-refractivity contribution in [3.63, 3.8) is 0 Å². The molecule has 3 nitrogen and oxygen atoms in total. The molecule has 0 spiro atoms. The van der Waals surface area contributed by atoms with Crippen molar-refractivity contribution >= 4 is 11.7 Å². The van der Waals surface area contributed by atoms with Crippen molar-refractivity contribution in [1.29, 1.82) is 0 Å². The number of benzene rings is 2. The Hall–Kier alpha value is -2.73. The number of aromatic carboxylic acids is 1. The summed E-state index contributed by atoms with van der Waals surface area (Å²) in [5, 5.41) is 8.93. The molecule has 104 valence electrons. The monoisotopic (exact) mass is 277 g/mol. The van der Waals surface area contributed by atoms with Crippen LogP contribution in [0.1, 0.15) is 22.8 Å². The fraction of sp³-hybridized carbons (Fsp3) is 0.167. The van der Waals surface area contributed by atoms with Gasteiger partial charge in [0, 0.05) is 12.6 Å². The number of carboxylic acid groups (broad SMARTS) is 1. The second kappa shape index (κ2) is 5.34. The van der Waals surface area contributed by atoms with Gasteiger partial charge in [-0.05, 0) is 54.3 Å². The number of anilines is 1. The van der Waals surface area contributed by atoms with Gasteiger partial charge in [0.1, 0.15) is 0 Å². The number of hydrogen-bond acceptors (Lipinski definition) is 2. The third-order valence-corrected chi connectivity index (χ3v) is 3.69. The van der Waals surface area contributed by atoms with Gasteiger partial charge >= 0.3 is 5.97 Å². The first-order chi connectivity index (χ1) is 10.2. The van der Waals surface area contributed by atoms with Crippen molar-refractivity contribution in [3.8, 4) is 23.1 Å². The van der Waals surface area contributed by atoms with E-state index in [1.54, 1.807) is 12.1 Å². The Morgan fingerprint density at radius 3 is 2.52 bits per heavy atom. The summed E-state index contributed by atoms with van der Waals surface area (Å²) in [5.41, 5.74) is 4.91. The number of hydrogen-bond donors (Lipinski definition) is 1. The number of fused-ring (bicyclic) bond motifs is 1. The Kier molecular flexibility index (Phi) is 3.37. The average Bonchev–Trinajstić information content (AvgIpc) is 2.90. The molecule has 0 atom stereocenters. The molecule has 3 heteroatoms. The minimum absolute atomic E-state index is 0.310. The van der Waals surface area contributed by atoms with E-state index in [2.05, 4.69) is 35.1 Å². The first kappa shape index (κ1) is 13.3. The van der Waals surface area contributed by atoms with Crippen LogP contribution in [0.4, 0.5) is 5.69 Å². The lowest BCUT2D eigenvalue weighted by Crippen LogP contribution is -2.12. The van der Waals surface area contributed by atoms with Gasteiger partial charge in [0.05, 0.1) is 11.3 Å². The molecule has 0 saturated heterocycles. The minimum atomic E-state index is -0.899. The highest BCUT2D eigenvalue weighted by atomic mass is 16.4. The highest BCUT2D eigenvalue weighted by molar-refractivity contribution is 5.88. The van der Waals surface area contributed by atoms with Gasteiger partial charge in [-0.3, -0.25) is 0 Å². The molecular weight excluding hydrogens is 262 g/mol. The molecule has 0 amide bonds. The van der Waals surface area contributed by atoms with Crippen LogP contribution in [0.2, 0.25) is 0 Å². The molecule has 0 bridgehead atoms. The Bertz CT molecular complexity index is 751. The summed E-state index contributed by atoms with van der Waals surface area (Å²) in [4.78, 5) is 13.0. The normalized spacial score (nSPS) is 12.5. The third-order valence-electron chi connectivity index (χ3n) is 3.69. The van der Waals surface area contributed by atoms with Crippen LogP contribution in [-0.4, -0.2) is 17.6 Å². The lowest BCUT2D eigenvalue weighted by molar-refractivity contribution is 0.0697. The van der Waals surface area contributed by atoms with Crippen LogP contribution >= 0.6 is 0 Å². The maximum atomic E-state index is 10.9. The van der Waals surface area contributed by atoms with E-state index in [0.717, 1.165) is 24.1 Å². The molecule has 3 rings (SSSR count). The van der Waals surface area contributed by atoms with Crippen LogP contribution in [0.3, 0.4) is 0 Å². The molecule has 1 aliphatic heterocycles. The average molecular weight is 277 g/mol. The highest BCUT2D eigenvalue weighted by Gasteiger charge is 2.18. The standard InChI is InChI=1S/C18H15NO2/c1-2-10-19-11-9-16-12-15(7-8-17(16)19)13-3-5-14(6-4-13)18(20)21/h3-8,12H,9,11H2,1H3,(H,20,21). The van der Waals surface area contributed by atoms with Crippen LogP contribution in [-0.2, 0) is 6.42 Å². The SMILES string of the molecule is CC#CN1CCc2cc(-c3ccc(C(=O)O)cc3)ccc21. The summed E-state index contributed by atoms with van der Waals surface area (Å²) in [7, 11) is 0. The molecule has 2 aromatic rings. The number of carboxylic acids is 1. The van der Waals surface area contributed by atoms with Crippen LogP contribution < -0.4 is 4.90 Å². The van der Waals surface area contributed by atoms with E-state index in [1.807, 2.05) is 19.1 Å². The number of rotatable bonds is 2. The molecule has 21 heavy (non-hydrogen) atoms. The van der Waals surface area contributed by atoms with Crippen molar-refractivity contribution in [2.75, 3.05) is 11.4 Å². The van der Waals surface area contributed by atoms with Crippen LogP contribution in [0.5, 0.6) is 0 Å². The number of nitrogens with zero attached hydrogens (tertiary/aromatic N) is 1. The maximum Gasteiger partial charge on any atom is 0.335 e. The molecule has 0 aromatic heterocycles. The Balaban J connectivity index is 1.94. The van der Waals surface area contributed by atoms with Gasteiger partial charge in [-0.15, -0.1) is 0 Å². The van der Waals surface area contributed by atoms with Gasteiger partial charge in [-0.1, -0.05) is 24.1 Å². The van der Waals surface area contributed by atoms with Gasteiger partial charge in [-0.2, -0.15) is 0 Å². The van der Waals surface area contributed by atoms with E-state index < -0.39 is 5.97 Å². The van der Waals surface area contributed by atoms with Gasteiger partial charge in [-0.25, -0.2) is 4.79 Å². The molecule has 0 unspecified atom stereocenters. The second-order valence-corrected chi connectivity index (χ2v) is 4.99. The summed E-state index contributed by atoms with van der Waals surface area (Å²) in [5.74, 6) is 2.04. The number of carbonyl (C=O) groups is 1. The minimum Gasteiger partial charge on any atom is -0.478 e. The van der Waals surface area contributed by atoms with Crippen molar-refractivity contribution in [1.82, 2.24) is 0 Å². The summed E-state index contributed by atoms with van der Waals surface area (Å²) in [6.07, 6.45) is 0.991. The zero-order chi connectivity index (χ0) is 14.8. The molecule has 1 heterocycles. The summed E-state index contributed by atoms with van der Waals surface area (Å²) < 4.78 is 0. The predicted octanol–water partition coefficient (Wildman–Crippen LogP) is 3.40. The van der Waals surface area contributed by atoms with Crippen molar-refractivity contribution < 1.29 is 9.90 Å². The molecule has 0 aliphatic carbocycles. The predicted molar refractivity (Wildman–Crippen MR) is 83.3 cm³/mol. The smallest absolute Gasteiger partial charge is 0.335 e. The van der Waals surface area contributed by atoms with E-state index >= 15 is 0 Å². The van der Waals surface area contributed by atoms with Crippen LogP contribution in [0.15, 0.2) is 42.5 Å². The van der Waals surface area contributed by atoms with E-state index in [4.69, 9.17) is 5.11 Å². The fourth-order valence-electron chi connectivity index (χ4n) is 2.64. The van der Waals surface area contributed by atoms with E-state index in [1.165, 1.54) is 11.3 Å². The quantitative estimate of drug-likeness (QED) is 0.855. The lowest BCUT2D eigenvalue weighted by atomic mass is 10.0. The van der Waals surface area contributed by atoms with Gasteiger partial charge in [0.2, 0.25) is 0 Å². The summed E-state index contributed by atoms with van der Waals surface area (Å²) in [6, 6.07) is 16.4. The topological polar surface area (TPSA) is 40.5 Å². The van der Waals surface area contributed by atoms with E-state index in [9.17, 15) is 4.79 Å². The van der Waals surface area contributed by atoms with Crippen LogP contribution in [0, 0.1) is 12.0 Å². The molecule has 0 fully saturated rings. The summed E-state index contributed by atoms with van der Waals surface area (Å²) in [6.45, 7) is 2.77. The zero-order valence-corrected chi connectivity index (χ0v) is 11.8. The zero-order valence-electron chi connectivity index (χ0n) is 11.8. The third kappa shape index (κ3) is 2.48. The molecule has 0 radical (unpaired) electrons. The Morgan fingerprint density at radius 2 is 1.86 bits per heavy atom. The van der Waals surface area contributed by atoms with Crippen molar-refractivity contribution in [2.24, 2.45) is 0 Å². The molecule has 2 aromatic carbocycles. The first-order valence-electron chi connectivity index (χ1n) is 6.85. The van der Waals surface area contributed by atoms with Crippen molar-refractivity contribution in [2.45, 2.75) is 13.3 Å². The lowest BCUT2D eigenvalue weighted by Gasteiger charge is -2.11. The Morgan fingerprint density at radius 1 is 1.14 bits per heavy atom. The maximum absolute atomic E-state index is 10.9. The van der Waals surface area contributed by atoms with E-state index in [0.29, 0.717) is 5.56 Å². The highest BCUT2D eigenvalue weighted by Crippen LogP contribution is 2.32. The van der Waals surface area contributed by atoms with Crippen LogP contribution in [0.25, 0.3) is 11.1 Å². The second-order valence-electron chi connectivity index (χ2n) is 4.99. The molecule has 0 saturated carbocycles. The molecule has 1 N–H and O–H groups in total. The fourth-order valence-corrected chi connectivity index (χ4v) is 2.64. The summed E-state index contributed by atoms with van der Waals surface area (Å²) >= 11 is 0. The van der Waals surface area contributed by atoms with Crippen molar-refractivity contribution in [3.05, 3.63) is 53.6 Å². The van der Waals surface area contributed by atoms with Gasteiger partial charge < -0.3 is 10.0 Å².